The number of thiophene rings is 1. The number of piperidine rings is 1. The highest BCUT2D eigenvalue weighted by molar-refractivity contribution is 7.89. The molecule has 0 radical (unpaired) electrons. The molecule has 2 aromatic heterocycles. The van der Waals surface area contributed by atoms with Crippen LogP contribution in [0.2, 0.25) is 0 Å². The Morgan fingerprint density at radius 3 is 2.79 bits per heavy atom. The lowest BCUT2D eigenvalue weighted by molar-refractivity contribution is -0.120. The van der Waals surface area contributed by atoms with Crippen LogP contribution in [-0.2, 0) is 21.2 Å². The van der Waals surface area contributed by atoms with Gasteiger partial charge in [-0.1, -0.05) is 24.2 Å². The molecule has 1 aliphatic rings. The maximum atomic E-state index is 13.5. The number of amides is 1. The zero-order valence-corrected chi connectivity index (χ0v) is 20.8. The van der Waals surface area contributed by atoms with Crippen LogP contribution in [0, 0.1) is 26.7 Å². The molecule has 0 saturated carbocycles. The van der Waals surface area contributed by atoms with Crippen molar-refractivity contribution in [2.75, 3.05) is 18.4 Å². The monoisotopic (exact) mass is 488 g/mol. The van der Waals surface area contributed by atoms with Gasteiger partial charge in [-0.25, -0.2) is 8.42 Å². The lowest BCUT2D eigenvalue weighted by Gasteiger charge is -2.31. The van der Waals surface area contributed by atoms with Crippen LogP contribution >= 0.6 is 11.3 Å². The summed E-state index contributed by atoms with van der Waals surface area (Å²) in [6, 6.07) is 7.50. The summed E-state index contributed by atoms with van der Waals surface area (Å²) in [5.74, 6) is 0.349. The summed E-state index contributed by atoms with van der Waals surface area (Å²) in [6.45, 7) is 8.15. The van der Waals surface area contributed by atoms with E-state index in [9.17, 15) is 13.2 Å². The summed E-state index contributed by atoms with van der Waals surface area (Å²) in [6.07, 6.45) is 1.89. The van der Waals surface area contributed by atoms with Gasteiger partial charge in [-0.15, -0.1) is 11.3 Å². The summed E-state index contributed by atoms with van der Waals surface area (Å²) in [5, 5.41) is 6.95. The highest BCUT2D eigenvalue weighted by atomic mass is 32.2. The van der Waals surface area contributed by atoms with Crippen LogP contribution in [0.5, 0.6) is 0 Å². The van der Waals surface area contributed by atoms with E-state index < -0.39 is 15.9 Å². The first-order chi connectivity index (χ1) is 15.7. The van der Waals surface area contributed by atoms with Gasteiger partial charge in [0.05, 0.1) is 15.7 Å². The van der Waals surface area contributed by atoms with Gasteiger partial charge in [0.25, 0.3) is 0 Å². The van der Waals surface area contributed by atoms with Gasteiger partial charge in [0.15, 0.2) is 0 Å². The molecule has 0 aliphatic carbocycles. The number of hydrogen-bond acceptors (Lipinski definition) is 7. The molecule has 1 aromatic carbocycles. The third-order valence-electron chi connectivity index (χ3n) is 5.89. The lowest BCUT2D eigenvalue weighted by atomic mass is 9.98. The Hall–Kier alpha value is -2.56. The van der Waals surface area contributed by atoms with E-state index in [1.54, 1.807) is 13.0 Å². The molecular formula is C23H28N4O4S2. The minimum atomic E-state index is -3.76. The molecule has 4 rings (SSSR count). The standard InChI is InChI=1S/C23H28N4O4S2/c1-5-21-25-22(26-31-21)19-12-20(16(4)32-19)33(29,30)27-10-6-7-17(13-27)23(28)24-18-11-14(2)8-9-15(18)3/h8-9,11-12,17H,5-7,10,13H2,1-4H3,(H,24,28)/t17-/m1/s1. The van der Waals surface area contributed by atoms with E-state index in [0.717, 1.165) is 16.8 Å². The molecule has 8 nitrogen and oxygen atoms in total. The molecule has 0 spiro atoms. The molecule has 0 bridgehead atoms. The quantitative estimate of drug-likeness (QED) is 0.554. The molecule has 1 aliphatic heterocycles. The summed E-state index contributed by atoms with van der Waals surface area (Å²) >= 11 is 1.32. The molecule has 33 heavy (non-hydrogen) atoms. The maximum Gasteiger partial charge on any atom is 0.244 e. The Bertz CT molecular complexity index is 1280. The number of aryl methyl sites for hydroxylation is 4. The van der Waals surface area contributed by atoms with Crippen LogP contribution < -0.4 is 5.32 Å². The second-order valence-electron chi connectivity index (χ2n) is 8.41. The second-order valence-corrected chi connectivity index (χ2v) is 11.6. The fraction of sp³-hybridized carbons (Fsp3) is 0.435. The molecular weight excluding hydrogens is 460 g/mol. The van der Waals surface area contributed by atoms with Crippen LogP contribution in [0.15, 0.2) is 33.7 Å². The zero-order valence-electron chi connectivity index (χ0n) is 19.2. The van der Waals surface area contributed by atoms with Gasteiger partial charge >= 0.3 is 0 Å². The first-order valence-electron chi connectivity index (χ1n) is 11.0. The molecule has 1 saturated heterocycles. The number of carbonyl (C=O) groups excluding carboxylic acids is 1. The van der Waals surface area contributed by atoms with Crippen molar-refractivity contribution in [1.82, 2.24) is 14.4 Å². The van der Waals surface area contributed by atoms with Crippen molar-refractivity contribution in [1.29, 1.82) is 0 Å². The smallest absolute Gasteiger partial charge is 0.244 e. The normalized spacial score (nSPS) is 17.3. The number of benzene rings is 1. The van der Waals surface area contributed by atoms with E-state index >= 15 is 0 Å². The van der Waals surface area contributed by atoms with E-state index in [4.69, 9.17) is 4.52 Å². The average molecular weight is 489 g/mol. The summed E-state index contributed by atoms with van der Waals surface area (Å²) < 4.78 is 33.5. The molecule has 1 N–H and O–H groups in total. The number of aromatic nitrogens is 2. The maximum absolute atomic E-state index is 13.5. The largest absolute Gasteiger partial charge is 0.339 e. The number of rotatable bonds is 6. The Morgan fingerprint density at radius 2 is 2.06 bits per heavy atom. The van der Waals surface area contributed by atoms with Gasteiger partial charge in [-0.2, -0.15) is 9.29 Å². The SMILES string of the molecule is CCc1nc(-c2cc(S(=O)(=O)N3CCC[C@@H](C(=O)Nc4cc(C)ccc4C)C3)c(C)s2)no1. The van der Waals surface area contributed by atoms with Crippen LogP contribution in [-0.4, -0.2) is 41.9 Å². The first kappa shape index (κ1) is 23.6. The Morgan fingerprint density at radius 1 is 1.27 bits per heavy atom. The number of carbonyl (C=O) groups is 1. The van der Waals surface area contributed by atoms with E-state index in [1.807, 2.05) is 39.0 Å². The van der Waals surface area contributed by atoms with E-state index in [2.05, 4.69) is 15.5 Å². The predicted octanol–water partition coefficient (Wildman–Crippen LogP) is 4.33. The van der Waals surface area contributed by atoms with E-state index in [-0.39, 0.29) is 17.3 Å². The number of anilines is 1. The Labute approximate surface area is 198 Å². The molecule has 10 heteroatoms. The molecule has 1 fully saturated rings. The summed E-state index contributed by atoms with van der Waals surface area (Å²) in [5.41, 5.74) is 2.80. The van der Waals surface area contributed by atoms with Gasteiger partial charge < -0.3 is 9.84 Å². The topological polar surface area (TPSA) is 105 Å². The van der Waals surface area contributed by atoms with Crippen molar-refractivity contribution >= 4 is 33.0 Å². The number of sulfonamides is 1. The van der Waals surface area contributed by atoms with Crippen LogP contribution in [0.25, 0.3) is 10.7 Å². The molecule has 3 aromatic rings. The second kappa shape index (κ2) is 9.36. The lowest BCUT2D eigenvalue weighted by Crippen LogP contribution is -2.43. The van der Waals surface area contributed by atoms with E-state index in [0.29, 0.717) is 47.3 Å². The molecule has 0 unspecified atom stereocenters. The van der Waals surface area contributed by atoms with Crippen LogP contribution in [0.3, 0.4) is 0 Å². The Balaban J connectivity index is 1.52. The molecule has 1 amide bonds. The van der Waals surface area contributed by atoms with Gasteiger partial charge in [0, 0.05) is 30.1 Å². The predicted molar refractivity (Wildman–Crippen MR) is 128 cm³/mol. The van der Waals surface area contributed by atoms with Crippen LogP contribution in [0.1, 0.15) is 41.7 Å². The van der Waals surface area contributed by atoms with Crippen molar-refractivity contribution in [3.05, 3.63) is 46.2 Å². The van der Waals surface area contributed by atoms with Crippen molar-refractivity contribution in [3.8, 4) is 10.7 Å². The van der Waals surface area contributed by atoms with Gasteiger partial charge in [-0.3, -0.25) is 4.79 Å². The highest BCUT2D eigenvalue weighted by Crippen LogP contribution is 2.35. The van der Waals surface area contributed by atoms with Crippen molar-refractivity contribution < 1.29 is 17.7 Å². The fourth-order valence-electron chi connectivity index (χ4n) is 3.95. The van der Waals surface area contributed by atoms with Gasteiger partial charge in [-0.05, 0) is 56.9 Å². The zero-order chi connectivity index (χ0) is 23.8. The summed E-state index contributed by atoms with van der Waals surface area (Å²) in [7, 11) is -3.76. The molecule has 3 heterocycles. The van der Waals surface area contributed by atoms with Gasteiger partial charge in [0.1, 0.15) is 0 Å². The first-order valence-corrected chi connectivity index (χ1v) is 13.3. The van der Waals surface area contributed by atoms with Crippen molar-refractivity contribution in [2.45, 2.75) is 51.9 Å². The summed E-state index contributed by atoms with van der Waals surface area (Å²) in [4.78, 5) is 18.8. The third kappa shape index (κ3) is 4.87. The van der Waals surface area contributed by atoms with E-state index in [1.165, 1.54) is 15.6 Å². The molecule has 1 atom stereocenters. The minimum absolute atomic E-state index is 0.148. The van der Waals surface area contributed by atoms with Crippen LogP contribution in [0.4, 0.5) is 5.69 Å². The molecule has 176 valence electrons. The minimum Gasteiger partial charge on any atom is -0.339 e. The number of nitrogens with zero attached hydrogens (tertiary/aromatic N) is 3. The number of hydrogen-bond donors (Lipinski definition) is 1. The Kier molecular flexibility index (Phi) is 6.69. The van der Waals surface area contributed by atoms with Gasteiger partial charge in [0.2, 0.25) is 27.6 Å². The van der Waals surface area contributed by atoms with Crippen molar-refractivity contribution in [2.24, 2.45) is 5.92 Å². The third-order valence-corrected chi connectivity index (χ3v) is 9.05. The average Bonchev–Trinajstić information content (AvgIpc) is 3.43. The highest BCUT2D eigenvalue weighted by Gasteiger charge is 2.35. The number of nitrogens with one attached hydrogen (secondary N) is 1. The fourth-order valence-corrected chi connectivity index (χ4v) is 6.96. The van der Waals surface area contributed by atoms with Crippen molar-refractivity contribution in [3.63, 3.8) is 0 Å².